The van der Waals surface area contributed by atoms with Gasteiger partial charge in [0.25, 0.3) is 0 Å². The molecule has 1 rings (SSSR count). The number of methoxy groups -OCH3 is 1. The molecule has 1 aliphatic rings. The van der Waals surface area contributed by atoms with Crippen LogP contribution in [0.1, 0.15) is 52.9 Å². The first kappa shape index (κ1) is 14.0. The van der Waals surface area contributed by atoms with E-state index in [2.05, 4.69) is 26.1 Å². The average molecular weight is 227 g/mol. The van der Waals surface area contributed by atoms with Crippen LogP contribution in [0.25, 0.3) is 0 Å². The van der Waals surface area contributed by atoms with Gasteiger partial charge in [0, 0.05) is 13.7 Å². The van der Waals surface area contributed by atoms with Crippen molar-refractivity contribution in [3.63, 3.8) is 0 Å². The number of rotatable bonds is 6. The highest BCUT2D eigenvalue weighted by atomic mass is 16.5. The monoisotopic (exact) mass is 227 g/mol. The van der Waals surface area contributed by atoms with Crippen molar-refractivity contribution < 1.29 is 4.74 Å². The number of hydrogen-bond acceptors (Lipinski definition) is 2. The van der Waals surface area contributed by atoms with E-state index in [4.69, 9.17) is 4.74 Å². The maximum Gasteiger partial charge on any atom is 0.0802 e. The normalized spacial score (nSPS) is 30.9. The van der Waals surface area contributed by atoms with E-state index in [-0.39, 0.29) is 5.60 Å². The van der Waals surface area contributed by atoms with Crippen molar-refractivity contribution in [3.05, 3.63) is 0 Å². The second-order valence-corrected chi connectivity index (χ2v) is 5.65. The van der Waals surface area contributed by atoms with Crippen LogP contribution in [0.5, 0.6) is 0 Å². The highest BCUT2D eigenvalue weighted by molar-refractivity contribution is 4.89. The summed E-state index contributed by atoms with van der Waals surface area (Å²) < 4.78 is 5.79. The van der Waals surface area contributed by atoms with Crippen molar-refractivity contribution in [1.29, 1.82) is 0 Å². The minimum atomic E-state index is 0.126. The minimum Gasteiger partial charge on any atom is -0.377 e. The molecule has 1 N–H and O–H groups in total. The molecule has 0 heterocycles. The SMILES string of the molecule is CCCNCC1(OC)CCC(C(C)C)CC1. The van der Waals surface area contributed by atoms with Crippen LogP contribution in [-0.4, -0.2) is 25.8 Å². The smallest absolute Gasteiger partial charge is 0.0802 e. The number of hydrogen-bond donors (Lipinski definition) is 1. The van der Waals surface area contributed by atoms with E-state index >= 15 is 0 Å². The summed E-state index contributed by atoms with van der Waals surface area (Å²) in [4.78, 5) is 0. The molecule has 0 unspecified atom stereocenters. The maximum atomic E-state index is 5.79. The third kappa shape index (κ3) is 3.74. The largest absolute Gasteiger partial charge is 0.377 e. The van der Waals surface area contributed by atoms with Gasteiger partial charge in [0.1, 0.15) is 0 Å². The molecule has 0 spiro atoms. The van der Waals surface area contributed by atoms with Crippen molar-refractivity contribution >= 4 is 0 Å². The lowest BCUT2D eigenvalue weighted by Crippen LogP contribution is -2.45. The molecule has 0 aromatic rings. The molecule has 2 heteroatoms. The predicted molar refractivity (Wildman–Crippen MR) is 69.7 cm³/mol. The van der Waals surface area contributed by atoms with Gasteiger partial charge in [-0.15, -0.1) is 0 Å². The Morgan fingerprint density at radius 3 is 2.38 bits per heavy atom. The molecule has 1 saturated carbocycles. The Balaban J connectivity index is 2.38. The van der Waals surface area contributed by atoms with Crippen molar-refractivity contribution in [1.82, 2.24) is 5.32 Å². The van der Waals surface area contributed by atoms with Crippen LogP contribution in [-0.2, 0) is 4.74 Å². The fraction of sp³-hybridized carbons (Fsp3) is 1.00. The van der Waals surface area contributed by atoms with Gasteiger partial charge in [0.2, 0.25) is 0 Å². The van der Waals surface area contributed by atoms with Gasteiger partial charge in [-0.05, 0) is 50.5 Å². The zero-order chi connectivity index (χ0) is 12.0. The van der Waals surface area contributed by atoms with Crippen molar-refractivity contribution in [2.45, 2.75) is 58.5 Å². The zero-order valence-electron chi connectivity index (χ0n) is 11.5. The zero-order valence-corrected chi connectivity index (χ0v) is 11.5. The molecule has 2 nitrogen and oxygen atoms in total. The summed E-state index contributed by atoms with van der Waals surface area (Å²) in [6, 6.07) is 0. The van der Waals surface area contributed by atoms with E-state index < -0.39 is 0 Å². The minimum absolute atomic E-state index is 0.126. The fourth-order valence-corrected chi connectivity index (χ4v) is 2.78. The highest BCUT2D eigenvalue weighted by Gasteiger charge is 2.35. The van der Waals surface area contributed by atoms with Gasteiger partial charge in [0.15, 0.2) is 0 Å². The van der Waals surface area contributed by atoms with Crippen LogP contribution in [0.4, 0.5) is 0 Å². The molecular weight excluding hydrogens is 198 g/mol. The van der Waals surface area contributed by atoms with Crippen LogP contribution in [0.2, 0.25) is 0 Å². The number of ether oxygens (including phenoxy) is 1. The molecule has 16 heavy (non-hydrogen) atoms. The molecule has 96 valence electrons. The Labute approximate surface area is 101 Å². The Morgan fingerprint density at radius 1 is 1.31 bits per heavy atom. The summed E-state index contributed by atoms with van der Waals surface area (Å²) in [6.45, 7) is 9.04. The van der Waals surface area contributed by atoms with E-state index in [1.807, 2.05) is 7.11 Å². The topological polar surface area (TPSA) is 21.3 Å². The van der Waals surface area contributed by atoms with Crippen LogP contribution >= 0.6 is 0 Å². The van der Waals surface area contributed by atoms with Gasteiger partial charge >= 0.3 is 0 Å². The summed E-state index contributed by atoms with van der Waals surface area (Å²) in [5, 5.41) is 3.52. The number of nitrogens with one attached hydrogen (secondary N) is 1. The van der Waals surface area contributed by atoms with Gasteiger partial charge in [-0.2, -0.15) is 0 Å². The van der Waals surface area contributed by atoms with Gasteiger partial charge in [-0.25, -0.2) is 0 Å². The first-order chi connectivity index (χ1) is 7.63. The summed E-state index contributed by atoms with van der Waals surface area (Å²) in [7, 11) is 1.88. The molecule has 0 aliphatic heterocycles. The molecule has 0 saturated heterocycles. The maximum absolute atomic E-state index is 5.79. The van der Waals surface area contributed by atoms with Crippen molar-refractivity contribution in [2.24, 2.45) is 11.8 Å². The predicted octanol–water partition coefficient (Wildman–Crippen LogP) is 3.22. The molecule has 1 fully saturated rings. The molecule has 1 aliphatic carbocycles. The second kappa shape index (κ2) is 6.61. The van der Waals surface area contributed by atoms with Crippen LogP contribution < -0.4 is 5.32 Å². The van der Waals surface area contributed by atoms with E-state index in [1.165, 1.54) is 32.1 Å². The van der Waals surface area contributed by atoms with E-state index in [0.717, 1.165) is 24.9 Å². The summed E-state index contributed by atoms with van der Waals surface area (Å²) >= 11 is 0. The molecule has 0 radical (unpaired) electrons. The second-order valence-electron chi connectivity index (χ2n) is 5.65. The highest BCUT2D eigenvalue weighted by Crippen LogP contribution is 2.37. The van der Waals surface area contributed by atoms with Gasteiger partial charge in [-0.1, -0.05) is 20.8 Å². The first-order valence-corrected chi connectivity index (χ1v) is 6.89. The van der Waals surface area contributed by atoms with Crippen LogP contribution in [0, 0.1) is 11.8 Å². The lowest BCUT2D eigenvalue weighted by molar-refractivity contribution is -0.0512. The van der Waals surface area contributed by atoms with Gasteiger partial charge in [-0.3, -0.25) is 0 Å². The van der Waals surface area contributed by atoms with E-state index in [0.29, 0.717) is 0 Å². The van der Waals surface area contributed by atoms with Gasteiger partial charge < -0.3 is 10.1 Å². The Bertz CT molecular complexity index is 183. The molecule has 0 bridgehead atoms. The lowest BCUT2D eigenvalue weighted by Gasteiger charge is -2.40. The Morgan fingerprint density at radius 2 is 1.94 bits per heavy atom. The fourth-order valence-electron chi connectivity index (χ4n) is 2.78. The van der Waals surface area contributed by atoms with Crippen LogP contribution in [0.3, 0.4) is 0 Å². The molecule has 0 atom stereocenters. The standard InChI is InChI=1S/C14H29NO/c1-5-10-15-11-14(16-4)8-6-13(7-9-14)12(2)3/h12-13,15H,5-11H2,1-4H3. The van der Waals surface area contributed by atoms with E-state index in [9.17, 15) is 0 Å². The first-order valence-electron chi connectivity index (χ1n) is 6.89. The summed E-state index contributed by atoms with van der Waals surface area (Å²) in [6.07, 6.45) is 6.32. The van der Waals surface area contributed by atoms with Crippen LogP contribution in [0.15, 0.2) is 0 Å². The molecular formula is C14H29NO. The van der Waals surface area contributed by atoms with Crippen molar-refractivity contribution in [2.75, 3.05) is 20.2 Å². The summed E-state index contributed by atoms with van der Waals surface area (Å²) in [5.74, 6) is 1.74. The third-order valence-electron chi connectivity index (χ3n) is 4.19. The molecule has 0 aromatic heterocycles. The Kier molecular flexibility index (Phi) is 5.77. The van der Waals surface area contributed by atoms with Crippen molar-refractivity contribution in [3.8, 4) is 0 Å². The van der Waals surface area contributed by atoms with E-state index in [1.54, 1.807) is 0 Å². The summed E-state index contributed by atoms with van der Waals surface area (Å²) in [5.41, 5.74) is 0.126. The Hall–Kier alpha value is -0.0800. The lowest BCUT2D eigenvalue weighted by atomic mass is 9.74. The van der Waals surface area contributed by atoms with Gasteiger partial charge in [0.05, 0.1) is 5.60 Å². The molecule has 0 aromatic carbocycles. The average Bonchev–Trinajstić information content (AvgIpc) is 2.30. The molecule has 0 amide bonds. The quantitative estimate of drug-likeness (QED) is 0.704. The third-order valence-corrected chi connectivity index (χ3v) is 4.19.